The molecule has 0 aliphatic rings. The molecule has 0 amide bonds. The standard InChI is InChI=1S/C12H6Cl2FN5/c13-8-2-6(15)1-7-9(19-11(14)20-10(7)8)5-3-17-12(16)18-4-5/h1-4H,(H2,16,17,18). The summed E-state index contributed by atoms with van der Waals surface area (Å²) in [5, 5.41) is 0.576. The molecule has 8 heteroatoms. The van der Waals surface area contributed by atoms with Gasteiger partial charge in [-0.25, -0.2) is 24.3 Å². The van der Waals surface area contributed by atoms with Crippen LogP contribution in [0.4, 0.5) is 10.3 Å². The quantitative estimate of drug-likeness (QED) is 0.699. The summed E-state index contributed by atoms with van der Waals surface area (Å²) in [5.41, 5.74) is 6.72. The Morgan fingerprint density at radius 2 is 1.75 bits per heavy atom. The van der Waals surface area contributed by atoms with Crippen LogP contribution in [0.15, 0.2) is 24.5 Å². The van der Waals surface area contributed by atoms with Gasteiger partial charge in [-0.2, -0.15) is 0 Å². The second-order valence-corrected chi connectivity index (χ2v) is 4.70. The zero-order valence-corrected chi connectivity index (χ0v) is 11.3. The Morgan fingerprint density at radius 1 is 1.05 bits per heavy atom. The normalized spacial score (nSPS) is 10.9. The molecule has 0 saturated heterocycles. The Morgan fingerprint density at radius 3 is 2.45 bits per heavy atom. The van der Waals surface area contributed by atoms with Gasteiger partial charge >= 0.3 is 0 Å². The third-order valence-corrected chi connectivity index (χ3v) is 3.09. The SMILES string of the molecule is Nc1ncc(-c2nc(Cl)nc3c(Cl)cc(F)cc23)cn1. The van der Waals surface area contributed by atoms with Crippen molar-refractivity contribution in [1.29, 1.82) is 0 Å². The average Bonchev–Trinajstić information content (AvgIpc) is 2.40. The Labute approximate surface area is 122 Å². The number of fused-ring (bicyclic) bond motifs is 1. The maximum absolute atomic E-state index is 13.5. The number of nitrogens with zero attached hydrogens (tertiary/aromatic N) is 4. The van der Waals surface area contributed by atoms with E-state index in [0.29, 0.717) is 22.2 Å². The van der Waals surface area contributed by atoms with Crippen molar-refractivity contribution in [1.82, 2.24) is 19.9 Å². The molecule has 0 saturated carbocycles. The van der Waals surface area contributed by atoms with Crippen molar-refractivity contribution >= 4 is 40.1 Å². The van der Waals surface area contributed by atoms with Gasteiger partial charge in [0.1, 0.15) is 5.82 Å². The van der Waals surface area contributed by atoms with E-state index >= 15 is 0 Å². The van der Waals surface area contributed by atoms with Crippen LogP contribution >= 0.6 is 23.2 Å². The first-order valence-electron chi connectivity index (χ1n) is 5.45. The molecule has 0 radical (unpaired) electrons. The summed E-state index contributed by atoms with van der Waals surface area (Å²) in [5.74, 6) is -0.367. The first kappa shape index (κ1) is 13.0. The zero-order chi connectivity index (χ0) is 14.3. The monoisotopic (exact) mass is 309 g/mol. The molecule has 0 bridgehead atoms. The summed E-state index contributed by atoms with van der Waals surface area (Å²) in [6, 6.07) is 2.44. The van der Waals surface area contributed by atoms with Crippen molar-refractivity contribution in [3.63, 3.8) is 0 Å². The van der Waals surface area contributed by atoms with E-state index < -0.39 is 5.82 Å². The molecule has 0 aliphatic heterocycles. The number of halogens is 3. The molecular formula is C12H6Cl2FN5. The van der Waals surface area contributed by atoms with Gasteiger partial charge in [0.15, 0.2) is 0 Å². The molecule has 3 rings (SSSR count). The van der Waals surface area contributed by atoms with E-state index in [1.165, 1.54) is 18.5 Å². The second-order valence-electron chi connectivity index (χ2n) is 3.95. The first-order chi connectivity index (χ1) is 9.54. The number of nitrogens with two attached hydrogens (primary N) is 1. The number of anilines is 1. The van der Waals surface area contributed by atoms with Gasteiger partial charge in [0.05, 0.1) is 16.2 Å². The minimum atomic E-state index is -0.494. The van der Waals surface area contributed by atoms with Gasteiger partial charge in [-0.3, -0.25) is 0 Å². The highest BCUT2D eigenvalue weighted by Crippen LogP contribution is 2.31. The number of nitrogen functional groups attached to an aromatic ring is 1. The second kappa shape index (κ2) is 4.81. The molecule has 1 aromatic carbocycles. The Hall–Kier alpha value is -2.05. The Kier molecular flexibility index (Phi) is 3.11. The predicted octanol–water partition coefficient (Wildman–Crippen LogP) is 3.11. The first-order valence-corrected chi connectivity index (χ1v) is 6.20. The van der Waals surface area contributed by atoms with Crippen LogP contribution in [0.5, 0.6) is 0 Å². The van der Waals surface area contributed by atoms with Crippen LogP contribution in [0.2, 0.25) is 10.3 Å². The molecule has 2 heterocycles. The van der Waals surface area contributed by atoms with Gasteiger partial charge < -0.3 is 5.73 Å². The molecule has 0 aliphatic carbocycles. The van der Waals surface area contributed by atoms with E-state index in [2.05, 4.69) is 19.9 Å². The topological polar surface area (TPSA) is 77.6 Å². The van der Waals surface area contributed by atoms with Crippen LogP contribution in [0, 0.1) is 5.82 Å². The van der Waals surface area contributed by atoms with Crippen LogP contribution < -0.4 is 5.73 Å². The number of benzene rings is 1. The lowest BCUT2D eigenvalue weighted by Crippen LogP contribution is -1.97. The van der Waals surface area contributed by atoms with E-state index in [-0.39, 0.29) is 16.3 Å². The fraction of sp³-hybridized carbons (Fsp3) is 0. The zero-order valence-electron chi connectivity index (χ0n) is 9.81. The van der Waals surface area contributed by atoms with E-state index in [1.54, 1.807) is 0 Å². The van der Waals surface area contributed by atoms with E-state index in [4.69, 9.17) is 28.9 Å². The minimum absolute atomic E-state index is 0.00201. The summed E-state index contributed by atoms with van der Waals surface area (Å²) in [6.07, 6.45) is 2.94. The lowest BCUT2D eigenvalue weighted by atomic mass is 10.1. The number of hydrogen-bond acceptors (Lipinski definition) is 5. The van der Waals surface area contributed by atoms with Gasteiger partial charge in [-0.05, 0) is 23.7 Å². The van der Waals surface area contributed by atoms with Gasteiger partial charge in [-0.1, -0.05) is 11.6 Å². The van der Waals surface area contributed by atoms with Crippen molar-refractivity contribution in [2.75, 3.05) is 5.73 Å². The summed E-state index contributed by atoms with van der Waals surface area (Å²) in [4.78, 5) is 15.8. The molecule has 2 aromatic heterocycles. The molecule has 5 nitrogen and oxygen atoms in total. The number of hydrogen-bond donors (Lipinski definition) is 1. The highest BCUT2D eigenvalue weighted by molar-refractivity contribution is 6.36. The largest absolute Gasteiger partial charge is 0.368 e. The molecule has 0 spiro atoms. The minimum Gasteiger partial charge on any atom is -0.368 e. The fourth-order valence-electron chi connectivity index (χ4n) is 1.81. The maximum Gasteiger partial charge on any atom is 0.223 e. The van der Waals surface area contributed by atoms with Gasteiger partial charge in [-0.15, -0.1) is 0 Å². The smallest absolute Gasteiger partial charge is 0.223 e. The van der Waals surface area contributed by atoms with Crippen LogP contribution in [0.1, 0.15) is 0 Å². The predicted molar refractivity (Wildman–Crippen MR) is 75.0 cm³/mol. The number of aromatic nitrogens is 4. The molecule has 20 heavy (non-hydrogen) atoms. The van der Waals surface area contributed by atoms with Crippen LogP contribution in [-0.4, -0.2) is 19.9 Å². The van der Waals surface area contributed by atoms with E-state index in [0.717, 1.165) is 6.07 Å². The van der Waals surface area contributed by atoms with E-state index in [1.807, 2.05) is 0 Å². The van der Waals surface area contributed by atoms with Gasteiger partial charge in [0, 0.05) is 23.3 Å². The summed E-state index contributed by atoms with van der Waals surface area (Å²) in [6.45, 7) is 0. The van der Waals surface area contributed by atoms with Crippen molar-refractivity contribution in [3.8, 4) is 11.3 Å². The maximum atomic E-state index is 13.5. The van der Waals surface area contributed by atoms with Crippen molar-refractivity contribution in [3.05, 3.63) is 40.6 Å². The van der Waals surface area contributed by atoms with Crippen molar-refractivity contribution < 1.29 is 4.39 Å². The highest BCUT2D eigenvalue weighted by atomic mass is 35.5. The van der Waals surface area contributed by atoms with E-state index in [9.17, 15) is 4.39 Å². The lowest BCUT2D eigenvalue weighted by molar-refractivity contribution is 0.629. The lowest BCUT2D eigenvalue weighted by Gasteiger charge is -2.07. The molecule has 100 valence electrons. The third kappa shape index (κ3) is 2.23. The van der Waals surface area contributed by atoms with Crippen molar-refractivity contribution in [2.45, 2.75) is 0 Å². The van der Waals surface area contributed by atoms with Gasteiger partial charge in [0.2, 0.25) is 11.2 Å². The summed E-state index contributed by atoms with van der Waals surface area (Å²) < 4.78 is 13.5. The van der Waals surface area contributed by atoms with Crippen LogP contribution in [0.3, 0.4) is 0 Å². The molecule has 0 fully saturated rings. The summed E-state index contributed by atoms with van der Waals surface area (Å²) in [7, 11) is 0. The van der Waals surface area contributed by atoms with Crippen molar-refractivity contribution in [2.24, 2.45) is 0 Å². The molecule has 0 unspecified atom stereocenters. The molecular weight excluding hydrogens is 304 g/mol. The van der Waals surface area contributed by atoms with Crippen LogP contribution in [0.25, 0.3) is 22.2 Å². The van der Waals surface area contributed by atoms with Crippen LogP contribution in [-0.2, 0) is 0 Å². The summed E-state index contributed by atoms with van der Waals surface area (Å²) >= 11 is 11.9. The molecule has 2 N–H and O–H groups in total. The van der Waals surface area contributed by atoms with Gasteiger partial charge in [0.25, 0.3) is 0 Å². The fourth-order valence-corrected chi connectivity index (χ4v) is 2.23. The highest BCUT2D eigenvalue weighted by Gasteiger charge is 2.13. The number of rotatable bonds is 1. The Bertz CT molecular complexity index is 807. The molecule has 3 aromatic rings. The average molecular weight is 310 g/mol. The molecule has 0 atom stereocenters. The Balaban J connectivity index is 2.37. The third-order valence-electron chi connectivity index (χ3n) is 2.64.